The number of benzene rings is 1. The summed E-state index contributed by atoms with van der Waals surface area (Å²) in [6.07, 6.45) is 0.994. The van der Waals surface area contributed by atoms with E-state index in [1.807, 2.05) is 0 Å². The van der Waals surface area contributed by atoms with Gasteiger partial charge in [0.15, 0.2) is 0 Å². The van der Waals surface area contributed by atoms with Crippen molar-refractivity contribution < 1.29 is 23.1 Å². The average Bonchev–Trinajstić information content (AvgIpc) is 2.60. The SMILES string of the molecule is CCOC(=O)N1CCC(NC(=O)CN[C@H](C)c2ccc(F)cc2F)CC1. The number of amides is 2. The van der Waals surface area contributed by atoms with Crippen molar-refractivity contribution in [2.75, 3.05) is 26.2 Å². The Balaban J connectivity index is 1.73. The molecule has 144 valence electrons. The fourth-order valence-corrected chi connectivity index (χ4v) is 2.91. The van der Waals surface area contributed by atoms with E-state index in [9.17, 15) is 18.4 Å². The van der Waals surface area contributed by atoms with Gasteiger partial charge in [-0.3, -0.25) is 4.79 Å². The molecule has 26 heavy (non-hydrogen) atoms. The smallest absolute Gasteiger partial charge is 0.409 e. The van der Waals surface area contributed by atoms with Gasteiger partial charge >= 0.3 is 6.09 Å². The number of likely N-dealkylation sites (tertiary alicyclic amines) is 1. The molecule has 0 radical (unpaired) electrons. The Kier molecular flexibility index (Phi) is 7.32. The molecule has 1 aromatic carbocycles. The van der Waals surface area contributed by atoms with Crippen LogP contribution in [0.4, 0.5) is 13.6 Å². The summed E-state index contributed by atoms with van der Waals surface area (Å²) >= 11 is 0. The van der Waals surface area contributed by atoms with Crippen LogP contribution in [0.3, 0.4) is 0 Å². The lowest BCUT2D eigenvalue weighted by Gasteiger charge is -2.31. The highest BCUT2D eigenvalue weighted by molar-refractivity contribution is 5.78. The van der Waals surface area contributed by atoms with Gasteiger partial charge in [0.25, 0.3) is 0 Å². The van der Waals surface area contributed by atoms with Crippen LogP contribution in [0.1, 0.15) is 38.3 Å². The van der Waals surface area contributed by atoms with Crippen molar-refractivity contribution in [2.24, 2.45) is 0 Å². The van der Waals surface area contributed by atoms with Crippen LogP contribution in [0.15, 0.2) is 18.2 Å². The number of ether oxygens (including phenoxy) is 1. The Morgan fingerprint density at radius 1 is 1.31 bits per heavy atom. The molecular formula is C18H25F2N3O3. The maximum absolute atomic E-state index is 13.7. The van der Waals surface area contributed by atoms with Crippen LogP contribution >= 0.6 is 0 Å². The van der Waals surface area contributed by atoms with Gasteiger partial charge < -0.3 is 20.3 Å². The first-order valence-corrected chi connectivity index (χ1v) is 8.80. The van der Waals surface area contributed by atoms with Crippen LogP contribution in [0.2, 0.25) is 0 Å². The Hall–Kier alpha value is -2.22. The Morgan fingerprint density at radius 2 is 2.00 bits per heavy atom. The number of hydrogen-bond acceptors (Lipinski definition) is 4. The van der Waals surface area contributed by atoms with Gasteiger partial charge in [-0.05, 0) is 32.8 Å². The number of halogens is 2. The van der Waals surface area contributed by atoms with Gasteiger partial charge in [0.1, 0.15) is 11.6 Å². The van der Waals surface area contributed by atoms with E-state index in [1.165, 1.54) is 12.1 Å². The molecule has 6 nitrogen and oxygen atoms in total. The lowest BCUT2D eigenvalue weighted by atomic mass is 10.1. The third-order valence-corrected chi connectivity index (χ3v) is 4.38. The van der Waals surface area contributed by atoms with Crippen LogP contribution in [0.25, 0.3) is 0 Å². The van der Waals surface area contributed by atoms with E-state index in [0.717, 1.165) is 6.07 Å². The molecule has 1 heterocycles. The minimum atomic E-state index is -0.642. The van der Waals surface area contributed by atoms with E-state index in [1.54, 1.807) is 18.7 Å². The number of carbonyl (C=O) groups excluding carboxylic acids is 2. The van der Waals surface area contributed by atoms with E-state index in [0.29, 0.717) is 38.1 Å². The lowest BCUT2D eigenvalue weighted by Crippen LogP contribution is -2.48. The predicted molar refractivity (Wildman–Crippen MR) is 92.5 cm³/mol. The van der Waals surface area contributed by atoms with Gasteiger partial charge in [-0.1, -0.05) is 6.07 Å². The zero-order chi connectivity index (χ0) is 19.1. The summed E-state index contributed by atoms with van der Waals surface area (Å²) in [6.45, 7) is 4.91. The minimum absolute atomic E-state index is 0.00663. The van der Waals surface area contributed by atoms with Gasteiger partial charge in [0.2, 0.25) is 5.91 Å². The van der Waals surface area contributed by atoms with Gasteiger partial charge in [-0.25, -0.2) is 13.6 Å². The first-order chi connectivity index (χ1) is 12.4. The van der Waals surface area contributed by atoms with Crippen LogP contribution in [0.5, 0.6) is 0 Å². The molecule has 1 saturated heterocycles. The van der Waals surface area contributed by atoms with Crippen molar-refractivity contribution in [3.63, 3.8) is 0 Å². The summed E-state index contributed by atoms with van der Waals surface area (Å²) < 4.78 is 31.6. The summed E-state index contributed by atoms with van der Waals surface area (Å²) in [5.74, 6) is -1.48. The van der Waals surface area contributed by atoms with E-state index in [-0.39, 0.29) is 24.6 Å². The summed E-state index contributed by atoms with van der Waals surface area (Å²) in [6, 6.07) is 2.95. The van der Waals surface area contributed by atoms with Gasteiger partial charge in [-0.2, -0.15) is 0 Å². The molecule has 0 aromatic heterocycles. The third-order valence-electron chi connectivity index (χ3n) is 4.38. The van der Waals surface area contributed by atoms with Gasteiger partial charge in [0.05, 0.1) is 13.2 Å². The Morgan fingerprint density at radius 3 is 2.62 bits per heavy atom. The van der Waals surface area contributed by atoms with Crippen molar-refractivity contribution in [2.45, 2.75) is 38.8 Å². The number of rotatable bonds is 6. The molecular weight excluding hydrogens is 344 g/mol. The lowest BCUT2D eigenvalue weighted by molar-refractivity contribution is -0.121. The van der Waals surface area contributed by atoms with Crippen LogP contribution in [0, 0.1) is 11.6 Å². The Labute approximate surface area is 151 Å². The van der Waals surface area contributed by atoms with Crippen molar-refractivity contribution in [1.82, 2.24) is 15.5 Å². The van der Waals surface area contributed by atoms with Gasteiger partial charge in [0, 0.05) is 36.8 Å². The molecule has 1 aliphatic rings. The molecule has 0 spiro atoms. The van der Waals surface area contributed by atoms with E-state index in [2.05, 4.69) is 10.6 Å². The molecule has 1 aliphatic heterocycles. The summed E-state index contributed by atoms with van der Waals surface area (Å²) in [5.41, 5.74) is 0.307. The first kappa shape index (κ1) is 20.1. The van der Waals surface area contributed by atoms with E-state index in [4.69, 9.17) is 4.74 Å². The van der Waals surface area contributed by atoms with Crippen LogP contribution in [-0.2, 0) is 9.53 Å². The molecule has 0 bridgehead atoms. The summed E-state index contributed by atoms with van der Waals surface area (Å²) in [4.78, 5) is 25.3. The molecule has 2 N–H and O–H groups in total. The molecule has 2 rings (SSSR count). The molecule has 2 amide bonds. The van der Waals surface area contributed by atoms with Crippen molar-refractivity contribution in [3.8, 4) is 0 Å². The van der Waals surface area contributed by atoms with E-state index < -0.39 is 17.7 Å². The topological polar surface area (TPSA) is 70.7 Å². The molecule has 1 atom stereocenters. The molecule has 0 saturated carbocycles. The van der Waals surface area contributed by atoms with Crippen molar-refractivity contribution in [1.29, 1.82) is 0 Å². The first-order valence-electron chi connectivity index (χ1n) is 8.80. The molecule has 0 aliphatic carbocycles. The van der Waals surface area contributed by atoms with Crippen LogP contribution < -0.4 is 10.6 Å². The number of nitrogens with one attached hydrogen (secondary N) is 2. The molecule has 1 fully saturated rings. The monoisotopic (exact) mass is 369 g/mol. The zero-order valence-corrected chi connectivity index (χ0v) is 15.1. The number of piperidine rings is 1. The second kappa shape index (κ2) is 9.47. The Bertz CT molecular complexity index is 634. The molecule has 1 aromatic rings. The normalized spacial score (nSPS) is 16.2. The number of nitrogens with zero attached hydrogens (tertiary/aromatic N) is 1. The van der Waals surface area contributed by atoms with Crippen LogP contribution in [-0.4, -0.2) is 49.2 Å². The van der Waals surface area contributed by atoms with Crippen molar-refractivity contribution >= 4 is 12.0 Å². The van der Waals surface area contributed by atoms with Crippen molar-refractivity contribution in [3.05, 3.63) is 35.4 Å². The second-order valence-electron chi connectivity index (χ2n) is 6.30. The highest BCUT2D eigenvalue weighted by atomic mass is 19.1. The summed E-state index contributed by atoms with van der Waals surface area (Å²) in [7, 11) is 0. The predicted octanol–water partition coefficient (Wildman–Crippen LogP) is 2.35. The number of hydrogen-bond donors (Lipinski definition) is 2. The average molecular weight is 369 g/mol. The molecule has 8 heteroatoms. The number of carbonyl (C=O) groups is 2. The molecule has 0 unspecified atom stereocenters. The third kappa shape index (κ3) is 5.66. The highest BCUT2D eigenvalue weighted by Crippen LogP contribution is 2.17. The van der Waals surface area contributed by atoms with Gasteiger partial charge in [-0.15, -0.1) is 0 Å². The highest BCUT2D eigenvalue weighted by Gasteiger charge is 2.24. The fraction of sp³-hybridized carbons (Fsp3) is 0.556. The largest absolute Gasteiger partial charge is 0.450 e. The fourth-order valence-electron chi connectivity index (χ4n) is 2.91. The maximum Gasteiger partial charge on any atom is 0.409 e. The second-order valence-corrected chi connectivity index (χ2v) is 6.30. The maximum atomic E-state index is 13.7. The zero-order valence-electron chi connectivity index (χ0n) is 15.1. The van der Waals surface area contributed by atoms with E-state index >= 15 is 0 Å². The quantitative estimate of drug-likeness (QED) is 0.808. The summed E-state index contributed by atoms with van der Waals surface area (Å²) in [5, 5.41) is 5.84. The standard InChI is InChI=1S/C18H25F2N3O3/c1-3-26-18(25)23-8-6-14(7-9-23)22-17(24)11-21-12(2)15-5-4-13(19)10-16(15)20/h4-5,10,12,14,21H,3,6-9,11H2,1-2H3,(H,22,24)/t12-/m1/s1. The minimum Gasteiger partial charge on any atom is -0.450 e.